The lowest BCUT2D eigenvalue weighted by Gasteiger charge is -2.32. The predicted octanol–water partition coefficient (Wildman–Crippen LogP) is 2.99. The highest BCUT2D eigenvalue weighted by Gasteiger charge is 2.51. The number of aromatic nitrogens is 1. The van der Waals surface area contributed by atoms with Gasteiger partial charge in [0.1, 0.15) is 5.82 Å². The molecular formula is C19H21BN4O2. The second kappa shape index (κ2) is 6.56. The van der Waals surface area contributed by atoms with E-state index in [0.29, 0.717) is 22.6 Å². The lowest BCUT2D eigenvalue weighted by atomic mass is 9.78. The minimum Gasteiger partial charge on any atom is -0.399 e. The summed E-state index contributed by atoms with van der Waals surface area (Å²) in [4.78, 5) is 4.23. The van der Waals surface area contributed by atoms with E-state index < -0.39 is 18.3 Å². The van der Waals surface area contributed by atoms with Crippen LogP contribution in [0.15, 0.2) is 36.5 Å². The maximum absolute atomic E-state index is 9.04. The molecule has 1 aliphatic heterocycles. The van der Waals surface area contributed by atoms with Gasteiger partial charge in [0, 0.05) is 23.7 Å². The summed E-state index contributed by atoms with van der Waals surface area (Å²) >= 11 is 0. The standard InChI is InChI=1S/C19H21BN4O2/c1-18(2)19(3,4)26-20(25-18)15-6-5-14(12-22)16(10-15)24-17-9-13(11-21)7-8-23-17/h5-10,12,22H,1-4H3,(H,23,24). The number of hydrogen-bond donors (Lipinski definition) is 2. The monoisotopic (exact) mass is 348 g/mol. The largest absolute Gasteiger partial charge is 0.494 e. The minimum atomic E-state index is -0.487. The molecule has 1 aromatic heterocycles. The van der Waals surface area contributed by atoms with Crippen molar-refractivity contribution in [3.05, 3.63) is 47.7 Å². The van der Waals surface area contributed by atoms with Crippen LogP contribution in [0.5, 0.6) is 0 Å². The first kappa shape index (κ1) is 18.1. The van der Waals surface area contributed by atoms with Crippen molar-refractivity contribution in [1.82, 2.24) is 4.98 Å². The fourth-order valence-corrected chi connectivity index (χ4v) is 2.64. The molecule has 0 bridgehead atoms. The molecule has 2 aromatic rings. The fraction of sp³-hybridized carbons (Fsp3) is 0.316. The molecular weight excluding hydrogens is 327 g/mol. The molecule has 0 saturated carbocycles. The van der Waals surface area contributed by atoms with Crippen molar-refractivity contribution in [3.8, 4) is 6.07 Å². The molecule has 1 saturated heterocycles. The van der Waals surface area contributed by atoms with Crippen molar-refractivity contribution < 1.29 is 9.31 Å². The van der Waals surface area contributed by atoms with Gasteiger partial charge in [-0.2, -0.15) is 5.26 Å². The van der Waals surface area contributed by atoms with Crippen molar-refractivity contribution >= 4 is 30.3 Å². The van der Waals surface area contributed by atoms with Gasteiger partial charge in [0.25, 0.3) is 0 Å². The first-order valence-electron chi connectivity index (χ1n) is 8.39. The van der Waals surface area contributed by atoms with Gasteiger partial charge in [0.15, 0.2) is 0 Å². The summed E-state index contributed by atoms with van der Waals surface area (Å²) in [5.41, 5.74) is 1.93. The topological polar surface area (TPSA) is 91.0 Å². The molecule has 0 atom stereocenters. The van der Waals surface area contributed by atoms with E-state index in [4.69, 9.17) is 20.0 Å². The minimum absolute atomic E-state index is 0.422. The van der Waals surface area contributed by atoms with Gasteiger partial charge < -0.3 is 20.0 Å². The fourth-order valence-electron chi connectivity index (χ4n) is 2.64. The maximum atomic E-state index is 9.04. The van der Waals surface area contributed by atoms with Crippen molar-refractivity contribution in [2.45, 2.75) is 38.9 Å². The van der Waals surface area contributed by atoms with Gasteiger partial charge >= 0.3 is 7.12 Å². The summed E-state index contributed by atoms with van der Waals surface area (Å²) in [6, 6.07) is 11.0. The van der Waals surface area contributed by atoms with Crippen LogP contribution >= 0.6 is 0 Å². The van der Waals surface area contributed by atoms with Crippen LogP contribution in [0, 0.1) is 16.7 Å². The molecule has 2 heterocycles. The smallest absolute Gasteiger partial charge is 0.399 e. The average Bonchev–Trinajstić information content (AvgIpc) is 2.83. The first-order chi connectivity index (χ1) is 12.3. The van der Waals surface area contributed by atoms with E-state index in [1.807, 2.05) is 45.9 Å². The molecule has 1 aromatic carbocycles. The van der Waals surface area contributed by atoms with Crippen LogP contribution in [-0.4, -0.2) is 29.5 Å². The summed E-state index contributed by atoms with van der Waals surface area (Å²) in [6.07, 6.45) is 2.84. The Labute approximate surface area is 153 Å². The van der Waals surface area contributed by atoms with Crippen molar-refractivity contribution in [1.29, 1.82) is 10.7 Å². The van der Waals surface area contributed by atoms with Crippen LogP contribution in [-0.2, 0) is 9.31 Å². The number of nitriles is 1. The van der Waals surface area contributed by atoms with Crippen LogP contribution in [0.4, 0.5) is 11.5 Å². The molecule has 0 aliphatic carbocycles. The number of hydrogen-bond acceptors (Lipinski definition) is 6. The normalized spacial score (nSPS) is 17.6. The molecule has 2 N–H and O–H groups in total. The quantitative estimate of drug-likeness (QED) is 0.655. The molecule has 0 unspecified atom stereocenters. The number of benzene rings is 1. The van der Waals surface area contributed by atoms with Crippen LogP contribution < -0.4 is 10.8 Å². The number of pyridine rings is 1. The molecule has 132 valence electrons. The second-order valence-electron chi connectivity index (χ2n) is 7.25. The van der Waals surface area contributed by atoms with Crippen LogP contribution in [0.1, 0.15) is 38.8 Å². The lowest BCUT2D eigenvalue weighted by Crippen LogP contribution is -2.41. The van der Waals surface area contributed by atoms with Crippen LogP contribution in [0.25, 0.3) is 0 Å². The van der Waals surface area contributed by atoms with E-state index >= 15 is 0 Å². The van der Waals surface area contributed by atoms with Gasteiger partial charge in [-0.15, -0.1) is 0 Å². The summed E-state index contributed by atoms with van der Waals surface area (Å²) in [7, 11) is -0.487. The van der Waals surface area contributed by atoms with Gasteiger partial charge in [0.05, 0.1) is 22.8 Å². The average molecular weight is 348 g/mol. The van der Waals surface area contributed by atoms with Crippen LogP contribution in [0.2, 0.25) is 0 Å². The molecule has 3 rings (SSSR count). The van der Waals surface area contributed by atoms with E-state index in [0.717, 1.165) is 5.46 Å². The molecule has 0 radical (unpaired) electrons. The Morgan fingerprint density at radius 3 is 2.46 bits per heavy atom. The summed E-state index contributed by atoms with van der Waals surface area (Å²) < 4.78 is 12.2. The van der Waals surface area contributed by atoms with E-state index in [-0.39, 0.29) is 0 Å². The molecule has 26 heavy (non-hydrogen) atoms. The van der Waals surface area contributed by atoms with Gasteiger partial charge in [-0.05, 0) is 51.4 Å². The third-order valence-corrected chi connectivity index (χ3v) is 4.91. The summed E-state index contributed by atoms with van der Waals surface area (Å²) in [6.45, 7) is 8.04. The van der Waals surface area contributed by atoms with Gasteiger partial charge in [-0.25, -0.2) is 4.98 Å². The zero-order valence-corrected chi connectivity index (χ0v) is 15.3. The van der Waals surface area contributed by atoms with E-state index in [1.165, 1.54) is 6.21 Å². The first-order valence-corrected chi connectivity index (χ1v) is 8.39. The molecule has 0 spiro atoms. The zero-order chi connectivity index (χ0) is 18.9. The van der Waals surface area contributed by atoms with Gasteiger partial charge in [-0.3, -0.25) is 0 Å². The Morgan fingerprint density at radius 2 is 1.85 bits per heavy atom. The van der Waals surface area contributed by atoms with Crippen molar-refractivity contribution in [2.24, 2.45) is 0 Å². The Hall–Kier alpha value is -2.69. The number of rotatable bonds is 4. The highest BCUT2D eigenvalue weighted by molar-refractivity contribution is 6.62. The van der Waals surface area contributed by atoms with E-state index in [1.54, 1.807) is 18.3 Å². The highest BCUT2D eigenvalue weighted by Crippen LogP contribution is 2.36. The molecule has 0 amide bonds. The Balaban J connectivity index is 1.93. The number of nitrogens with one attached hydrogen (secondary N) is 2. The molecule has 7 heteroatoms. The SMILES string of the molecule is CC1(C)OB(c2ccc(C=N)c(Nc3cc(C#N)ccn3)c2)OC1(C)C. The Morgan fingerprint density at radius 1 is 1.15 bits per heavy atom. The lowest BCUT2D eigenvalue weighted by molar-refractivity contribution is 0.00578. The number of anilines is 2. The van der Waals surface area contributed by atoms with Crippen molar-refractivity contribution in [3.63, 3.8) is 0 Å². The summed E-state index contributed by atoms with van der Waals surface area (Å²) in [5.74, 6) is 0.540. The third kappa shape index (κ3) is 3.34. The van der Waals surface area contributed by atoms with Crippen molar-refractivity contribution in [2.75, 3.05) is 5.32 Å². The number of nitrogens with zero attached hydrogens (tertiary/aromatic N) is 2. The zero-order valence-electron chi connectivity index (χ0n) is 15.3. The predicted molar refractivity (Wildman–Crippen MR) is 102 cm³/mol. The Bertz CT molecular complexity index is 873. The van der Waals surface area contributed by atoms with Gasteiger partial charge in [0.2, 0.25) is 0 Å². The molecule has 6 nitrogen and oxygen atoms in total. The van der Waals surface area contributed by atoms with Crippen LogP contribution in [0.3, 0.4) is 0 Å². The van der Waals surface area contributed by atoms with Gasteiger partial charge in [-0.1, -0.05) is 12.1 Å². The highest BCUT2D eigenvalue weighted by atomic mass is 16.7. The molecule has 1 fully saturated rings. The molecule has 1 aliphatic rings. The van der Waals surface area contributed by atoms with E-state index in [2.05, 4.69) is 16.4 Å². The maximum Gasteiger partial charge on any atom is 0.494 e. The van der Waals surface area contributed by atoms with E-state index in [9.17, 15) is 0 Å². The Kier molecular flexibility index (Phi) is 4.57. The summed E-state index contributed by atoms with van der Waals surface area (Å²) in [5, 5.41) is 19.9. The second-order valence-corrected chi connectivity index (χ2v) is 7.25. The third-order valence-electron chi connectivity index (χ3n) is 4.91.